The number of carbonyl (C=O) groups is 1. The molecule has 146 valence electrons. The molecule has 0 spiro atoms. The van der Waals surface area contributed by atoms with Crippen LogP contribution in [0, 0.1) is 5.82 Å². The summed E-state index contributed by atoms with van der Waals surface area (Å²) in [5.41, 5.74) is 0.558. The van der Waals surface area contributed by atoms with E-state index in [0.717, 1.165) is 10.6 Å². The standard InChI is InChI=1S/C18H21FN2O5S/c1-25-15-7-8-17(26-2)16(12-15)21(27(3,23)24)10-9-18(22)20-14-6-4-5-13(19)11-14/h4-8,11-12H,9-10H2,1-3H3,(H,20,22). The van der Waals surface area contributed by atoms with Crippen molar-refractivity contribution >= 4 is 27.3 Å². The molecular weight excluding hydrogens is 375 g/mol. The van der Waals surface area contributed by atoms with Gasteiger partial charge in [-0.1, -0.05) is 6.07 Å². The van der Waals surface area contributed by atoms with Gasteiger partial charge in [0.25, 0.3) is 0 Å². The Bertz CT molecular complexity index is 918. The van der Waals surface area contributed by atoms with Crippen molar-refractivity contribution in [2.24, 2.45) is 0 Å². The van der Waals surface area contributed by atoms with E-state index in [1.54, 1.807) is 18.2 Å². The molecule has 0 aliphatic heterocycles. The molecule has 1 N–H and O–H groups in total. The van der Waals surface area contributed by atoms with Gasteiger partial charge in [-0.3, -0.25) is 9.10 Å². The van der Waals surface area contributed by atoms with Crippen LogP contribution in [0.25, 0.3) is 0 Å². The monoisotopic (exact) mass is 396 g/mol. The Kier molecular flexibility index (Phi) is 6.62. The summed E-state index contributed by atoms with van der Waals surface area (Å²) >= 11 is 0. The highest BCUT2D eigenvalue weighted by molar-refractivity contribution is 7.92. The van der Waals surface area contributed by atoms with Gasteiger partial charge in [0.1, 0.15) is 17.3 Å². The Labute approximate surface area is 157 Å². The van der Waals surface area contributed by atoms with Gasteiger partial charge >= 0.3 is 0 Å². The van der Waals surface area contributed by atoms with Crippen LogP contribution in [0.3, 0.4) is 0 Å². The predicted octanol–water partition coefficient (Wildman–Crippen LogP) is 2.64. The number of amides is 1. The Balaban J connectivity index is 2.20. The van der Waals surface area contributed by atoms with Crippen LogP contribution in [-0.4, -0.2) is 41.3 Å². The van der Waals surface area contributed by atoms with E-state index in [1.165, 1.54) is 38.5 Å². The molecule has 0 saturated carbocycles. The molecule has 0 heterocycles. The Morgan fingerprint density at radius 3 is 2.48 bits per heavy atom. The first kappa shape index (κ1) is 20.5. The molecule has 27 heavy (non-hydrogen) atoms. The molecule has 7 nitrogen and oxygen atoms in total. The second-order valence-corrected chi connectivity index (χ2v) is 7.59. The Hall–Kier alpha value is -2.81. The van der Waals surface area contributed by atoms with Gasteiger partial charge < -0.3 is 14.8 Å². The molecule has 0 radical (unpaired) electrons. The number of methoxy groups -OCH3 is 2. The molecule has 0 aliphatic rings. The molecule has 0 saturated heterocycles. The summed E-state index contributed by atoms with van der Waals surface area (Å²) in [6, 6.07) is 10.2. The lowest BCUT2D eigenvalue weighted by Crippen LogP contribution is -2.33. The van der Waals surface area contributed by atoms with Crippen molar-refractivity contribution in [2.75, 3.05) is 36.6 Å². The second-order valence-electron chi connectivity index (χ2n) is 5.68. The van der Waals surface area contributed by atoms with E-state index in [4.69, 9.17) is 9.47 Å². The third kappa shape index (κ3) is 5.58. The fourth-order valence-corrected chi connectivity index (χ4v) is 3.37. The van der Waals surface area contributed by atoms with Crippen molar-refractivity contribution < 1.29 is 27.1 Å². The SMILES string of the molecule is COc1ccc(OC)c(N(CCC(=O)Nc2cccc(F)c2)S(C)(=O)=O)c1. The zero-order chi connectivity index (χ0) is 20.0. The molecule has 0 aliphatic carbocycles. The number of hydrogen-bond acceptors (Lipinski definition) is 5. The third-order valence-electron chi connectivity index (χ3n) is 3.71. The number of benzene rings is 2. The van der Waals surface area contributed by atoms with Gasteiger partial charge in [0.2, 0.25) is 15.9 Å². The zero-order valence-electron chi connectivity index (χ0n) is 15.2. The summed E-state index contributed by atoms with van der Waals surface area (Å²) in [5.74, 6) is -0.154. The Morgan fingerprint density at radius 1 is 1.15 bits per heavy atom. The number of rotatable bonds is 8. The lowest BCUT2D eigenvalue weighted by atomic mass is 10.2. The van der Waals surface area contributed by atoms with Gasteiger partial charge in [-0.15, -0.1) is 0 Å². The van der Waals surface area contributed by atoms with Crippen LogP contribution in [0.4, 0.5) is 15.8 Å². The first-order valence-corrected chi connectivity index (χ1v) is 9.84. The molecule has 2 rings (SSSR count). The summed E-state index contributed by atoms with van der Waals surface area (Å²) in [6.07, 6.45) is 0.903. The summed E-state index contributed by atoms with van der Waals surface area (Å²) in [6.45, 7) is -0.122. The van der Waals surface area contributed by atoms with E-state index < -0.39 is 21.7 Å². The number of carbonyl (C=O) groups excluding carboxylic acids is 1. The molecule has 0 bridgehead atoms. The van der Waals surface area contributed by atoms with E-state index in [1.807, 2.05) is 0 Å². The minimum Gasteiger partial charge on any atom is -0.497 e. The first-order valence-electron chi connectivity index (χ1n) is 7.99. The lowest BCUT2D eigenvalue weighted by Gasteiger charge is -2.24. The second kappa shape index (κ2) is 8.72. The lowest BCUT2D eigenvalue weighted by molar-refractivity contribution is -0.116. The van der Waals surface area contributed by atoms with Crippen LogP contribution in [0.2, 0.25) is 0 Å². The highest BCUT2D eigenvalue weighted by Crippen LogP contribution is 2.33. The van der Waals surface area contributed by atoms with Crippen LogP contribution < -0.4 is 19.1 Å². The maximum Gasteiger partial charge on any atom is 0.232 e. The molecule has 0 aromatic heterocycles. The highest BCUT2D eigenvalue weighted by Gasteiger charge is 2.23. The van der Waals surface area contributed by atoms with E-state index in [-0.39, 0.29) is 18.7 Å². The molecule has 2 aromatic rings. The number of sulfonamides is 1. The van der Waals surface area contributed by atoms with E-state index in [9.17, 15) is 17.6 Å². The van der Waals surface area contributed by atoms with Crippen molar-refractivity contribution in [3.8, 4) is 11.5 Å². The van der Waals surface area contributed by atoms with Crippen molar-refractivity contribution in [1.29, 1.82) is 0 Å². The fourth-order valence-electron chi connectivity index (χ4n) is 2.45. The largest absolute Gasteiger partial charge is 0.497 e. The summed E-state index contributed by atoms with van der Waals surface area (Å²) in [7, 11) is -0.813. The van der Waals surface area contributed by atoms with E-state index in [2.05, 4.69) is 5.32 Å². The summed E-state index contributed by atoms with van der Waals surface area (Å²) in [5, 5.41) is 2.54. The smallest absolute Gasteiger partial charge is 0.232 e. The predicted molar refractivity (Wildman–Crippen MR) is 101 cm³/mol. The number of hydrogen-bond donors (Lipinski definition) is 1. The quantitative estimate of drug-likeness (QED) is 0.742. The fraction of sp³-hybridized carbons (Fsp3) is 0.278. The molecule has 9 heteroatoms. The molecule has 0 atom stereocenters. The number of halogens is 1. The maximum absolute atomic E-state index is 13.2. The number of anilines is 2. The van der Waals surface area contributed by atoms with Crippen LogP contribution in [0.5, 0.6) is 11.5 Å². The zero-order valence-corrected chi connectivity index (χ0v) is 16.0. The minimum atomic E-state index is -3.69. The highest BCUT2D eigenvalue weighted by atomic mass is 32.2. The van der Waals surface area contributed by atoms with Crippen molar-refractivity contribution in [1.82, 2.24) is 0 Å². The van der Waals surface area contributed by atoms with Gasteiger partial charge in [-0.25, -0.2) is 12.8 Å². The molecule has 2 aromatic carbocycles. The number of nitrogens with one attached hydrogen (secondary N) is 1. The van der Waals surface area contributed by atoms with Crippen molar-refractivity contribution in [3.05, 3.63) is 48.3 Å². The molecule has 0 fully saturated rings. The molecule has 0 unspecified atom stereocenters. The molecule has 1 amide bonds. The van der Waals surface area contributed by atoms with Gasteiger partial charge in [0, 0.05) is 24.7 Å². The third-order valence-corrected chi connectivity index (χ3v) is 4.89. The average molecular weight is 396 g/mol. The van der Waals surface area contributed by atoms with E-state index in [0.29, 0.717) is 17.2 Å². The van der Waals surface area contributed by atoms with Gasteiger partial charge in [-0.2, -0.15) is 0 Å². The Morgan fingerprint density at radius 2 is 1.89 bits per heavy atom. The van der Waals surface area contributed by atoms with E-state index >= 15 is 0 Å². The summed E-state index contributed by atoms with van der Waals surface area (Å²) < 4.78 is 49.2. The van der Waals surface area contributed by atoms with Crippen LogP contribution in [-0.2, 0) is 14.8 Å². The minimum absolute atomic E-state index is 0.122. The topological polar surface area (TPSA) is 84.9 Å². The average Bonchev–Trinajstić information content (AvgIpc) is 2.60. The molecular formula is C18H21FN2O5S. The number of ether oxygens (including phenoxy) is 2. The van der Waals surface area contributed by atoms with Gasteiger partial charge in [-0.05, 0) is 30.3 Å². The first-order chi connectivity index (χ1) is 12.7. The van der Waals surface area contributed by atoms with Gasteiger partial charge in [0.05, 0.1) is 26.2 Å². The number of nitrogens with zero attached hydrogens (tertiary/aromatic N) is 1. The van der Waals surface area contributed by atoms with Crippen LogP contribution >= 0.6 is 0 Å². The normalized spacial score (nSPS) is 11.0. The maximum atomic E-state index is 13.2. The van der Waals surface area contributed by atoms with Crippen molar-refractivity contribution in [3.63, 3.8) is 0 Å². The van der Waals surface area contributed by atoms with Crippen molar-refractivity contribution in [2.45, 2.75) is 6.42 Å². The van der Waals surface area contributed by atoms with Crippen LogP contribution in [0.1, 0.15) is 6.42 Å². The summed E-state index contributed by atoms with van der Waals surface area (Å²) in [4.78, 5) is 12.2. The van der Waals surface area contributed by atoms with Gasteiger partial charge in [0.15, 0.2) is 0 Å². The van der Waals surface area contributed by atoms with Crippen LogP contribution in [0.15, 0.2) is 42.5 Å².